The monoisotopic (exact) mass is 404 g/mol. The normalized spacial score (nSPS) is 14.2. The van der Waals surface area contributed by atoms with E-state index in [4.69, 9.17) is 9.47 Å². The van der Waals surface area contributed by atoms with Gasteiger partial charge in [-0.3, -0.25) is 4.79 Å². The van der Waals surface area contributed by atoms with Crippen LogP contribution in [0.2, 0.25) is 0 Å². The fourth-order valence-corrected chi connectivity index (χ4v) is 4.34. The van der Waals surface area contributed by atoms with E-state index in [9.17, 15) is 13.2 Å². The van der Waals surface area contributed by atoms with Crippen LogP contribution in [-0.2, 0) is 10.0 Å². The van der Waals surface area contributed by atoms with Crippen LogP contribution in [0.5, 0.6) is 11.5 Å². The van der Waals surface area contributed by atoms with Gasteiger partial charge in [-0.2, -0.15) is 0 Å². The Balaban J connectivity index is 1.87. The fraction of sp³-hybridized carbons (Fsp3) is 0.350. The fourth-order valence-electron chi connectivity index (χ4n) is 2.76. The van der Waals surface area contributed by atoms with Crippen molar-refractivity contribution in [2.75, 3.05) is 18.5 Å². The minimum Gasteiger partial charge on any atom is -0.490 e. The van der Waals surface area contributed by atoms with Gasteiger partial charge in [-0.05, 0) is 51.1 Å². The van der Waals surface area contributed by atoms with Crippen LogP contribution >= 0.6 is 0 Å². The van der Waals surface area contributed by atoms with Gasteiger partial charge in [0.25, 0.3) is 5.91 Å². The summed E-state index contributed by atoms with van der Waals surface area (Å²) in [6.45, 7) is 6.33. The summed E-state index contributed by atoms with van der Waals surface area (Å²) in [6, 6.07) is 11.2. The molecule has 0 saturated heterocycles. The van der Waals surface area contributed by atoms with Crippen molar-refractivity contribution in [1.82, 2.24) is 4.72 Å². The SMILES string of the molecule is CC(C)(C)NS(=O)(=O)c1ccccc1NC(=O)c1ccc2c(c1)OCCCO2. The van der Waals surface area contributed by atoms with E-state index in [-0.39, 0.29) is 10.6 Å². The van der Waals surface area contributed by atoms with Crippen LogP contribution in [0.1, 0.15) is 37.6 Å². The maximum absolute atomic E-state index is 12.7. The molecule has 8 heteroatoms. The molecule has 1 aliphatic rings. The minimum absolute atomic E-state index is 0.00705. The number of nitrogens with one attached hydrogen (secondary N) is 2. The molecule has 0 saturated carbocycles. The highest BCUT2D eigenvalue weighted by Gasteiger charge is 2.25. The summed E-state index contributed by atoms with van der Waals surface area (Å²) < 4.78 is 39.2. The lowest BCUT2D eigenvalue weighted by Crippen LogP contribution is -2.40. The van der Waals surface area contributed by atoms with Crippen LogP contribution in [0.3, 0.4) is 0 Å². The van der Waals surface area contributed by atoms with Crippen LogP contribution in [0.15, 0.2) is 47.4 Å². The summed E-state index contributed by atoms with van der Waals surface area (Å²) in [4.78, 5) is 12.7. The number of ether oxygens (including phenoxy) is 2. The smallest absolute Gasteiger partial charge is 0.255 e. The average molecular weight is 404 g/mol. The number of benzene rings is 2. The highest BCUT2D eigenvalue weighted by molar-refractivity contribution is 7.89. The van der Waals surface area contributed by atoms with Gasteiger partial charge < -0.3 is 14.8 Å². The van der Waals surface area contributed by atoms with Gasteiger partial charge in [0.1, 0.15) is 4.90 Å². The maximum atomic E-state index is 12.7. The Morgan fingerprint density at radius 2 is 1.68 bits per heavy atom. The van der Waals surface area contributed by atoms with E-state index in [0.717, 1.165) is 6.42 Å². The molecular formula is C20H24N2O5S. The van der Waals surface area contributed by atoms with E-state index >= 15 is 0 Å². The van der Waals surface area contributed by atoms with Gasteiger partial charge in [0.2, 0.25) is 10.0 Å². The molecule has 3 rings (SSSR count). The number of rotatable bonds is 4. The van der Waals surface area contributed by atoms with E-state index < -0.39 is 21.5 Å². The summed E-state index contributed by atoms with van der Waals surface area (Å²) in [5.74, 6) is 0.654. The van der Waals surface area contributed by atoms with Crippen LogP contribution in [0, 0.1) is 0 Å². The number of amides is 1. The van der Waals surface area contributed by atoms with Gasteiger partial charge >= 0.3 is 0 Å². The summed E-state index contributed by atoms with van der Waals surface area (Å²) in [5.41, 5.74) is -0.0961. The molecule has 0 bridgehead atoms. The van der Waals surface area contributed by atoms with Gasteiger partial charge in [0.05, 0.1) is 18.9 Å². The number of para-hydroxylation sites is 1. The van der Waals surface area contributed by atoms with Gasteiger partial charge in [-0.15, -0.1) is 0 Å². The molecule has 0 aliphatic carbocycles. The molecule has 7 nitrogen and oxygen atoms in total. The number of carbonyl (C=O) groups excluding carboxylic acids is 1. The van der Waals surface area contributed by atoms with E-state index in [0.29, 0.717) is 30.3 Å². The quantitative estimate of drug-likeness (QED) is 0.816. The molecule has 2 aromatic rings. The van der Waals surface area contributed by atoms with Crippen LogP contribution < -0.4 is 19.5 Å². The number of carbonyl (C=O) groups is 1. The third-order valence-electron chi connectivity index (χ3n) is 3.88. The molecule has 1 amide bonds. The Hall–Kier alpha value is -2.58. The first kappa shape index (κ1) is 20.2. The predicted octanol–water partition coefficient (Wildman–Crippen LogP) is 3.18. The van der Waals surface area contributed by atoms with Crippen LogP contribution in [0.4, 0.5) is 5.69 Å². The number of sulfonamides is 1. The third-order valence-corrected chi connectivity index (χ3v) is 5.69. The van der Waals surface area contributed by atoms with Gasteiger partial charge in [-0.25, -0.2) is 13.1 Å². The van der Waals surface area contributed by atoms with E-state index in [1.807, 2.05) is 0 Å². The molecule has 0 radical (unpaired) electrons. The molecule has 2 aromatic carbocycles. The summed E-state index contributed by atoms with van der Waals surface area (Å²) in [7, 11) is -3.81. The number of anilines is 1. The molecule has 0 fully saturated rings. The lowest BCUT2D eigenvalue weighted by Gasteiger charge is -2.21. The second-order valence-corrected chi connectivity index (χ2v) is 9.17. The van der Waals surface area contributed by atoms with Gasteiger partial charge in [0, 0.05) is 17.5 Å². The largest absolute Gasteiger partial charge is 0.490 e. The molecule has 1 aliphatic heterocycles. The molecule has 0 aromatic heterocycles. The van der Waals surface area contributed by atoms with Crippen molar-refractivity contribution in [3.05, 3.63) is 48.0 Å². The van der Waals surface area contributed by atoms with Crippen molar-refractivity contribution in [2.45, 2.75) is 37.6 Å². The molecule has 1 heterocycles. The van der Waals surface area contributed by atoms with E-state index in [2.05, 4.69) is 10.0 Å². The summed E-state index contributed by atoms with van der Waals surface area (Å²) in [5, 5.41) is 2.69. The second-order valence-electron chi connectivity index (χ2n) is 7.52. The highest BCUT2D eigenvalue weighted by atomic mass is 32.2. The van der Waals surface area contributed by atoms with Crippen molar-refractivity contribution in [2.24, 2.45) is 0 Å². The van der Waals surface area contributed by atoms with E-state index in [1.165, 1.54) is 6.07 Å². The lowest BCUT2D eigenvalue weighted by molar-refractivity contribution is 0.102. The number of hydrogen-bond acceptors (Lipinski definition) is 5. The maximum Gasteiger partial charge on any atom is 0.255 e. The Morgan fingerprint density at radius 1 is 1.00 bits per heavy atom. The predicted molar refractivity (Wildman–Crippen MR) is 107 cm³/mol. The molecule has 150 valence electrons. The molecule has 0 atom stereocenters. The Morgan fingerprint density at radius 3 is 2.39 bits per heavy atom. The molecule has 2 N–H and O–H groups in total. The van der Waals surface area contributed by atoms with Crippen molar-refractivity contribution in [1.29, 1.82) is 0 Å². The lowest BCUT2D eigenvalue weighted by atomic mass is 10.1. The topological polar surface area (TPSA) is 93.7 Å². The van der Waals surface area contributed by atoms with Crippen LogP contribution in [0.25, 0.3) is 0 Å². The first-order chi connectivity index (χ1) is 13.2. The highest BCUT2D eigenvalue weighted by Crippen LogP contribution is 2.31. The first-order valence-corrected chi connectivity index (χ1v) is 10.5. The van der Waals surface area contributed by atoms with Gasteiger partial charge in [-0.1, -0.05) is 12.1 Å². The van der Waals surface area contributed by atoms with Crippen molar-refractivity contribution in [3.8, 4) is 11.5 Å². The van der Waals surface area contributed by atoms with E-state index in [1.54, 1.807) is 57.2 Å². The Bertz CT molecular complexity index is 980. The second kappa shape index (κ2) is 7.81. The zero-order valence-corrected chi connectivity index (χ0v) is 16.9. The molecule has 0 unspecified atom stereocenters. The number of fused-ring (bicyclic) bond motifs is 1. The van der Waals surface area contributed by atoms with Crippen LogP contribution in [-0.4, -0.2) is 33.1 Å². The van der Waals surface area contributed by atoms with Gasteiger partial charge in [0.15, 0.2) is 11.5 Å². The summed E-state index contributed by atoms with van der Waals surface area (Å²) >= 11 is 0. The van der Waals surface area contributed by atoms with Crippen molar-refractivity contribution >= 4 is 21.6 Å². The number of hydrogen-bond donors (Lipinski definition) is 2. The Kier molecular flexibility index (Phi) is 5.62. The van der Waals surface area contributed by atoms with Crippen molar-refractivity contribution < 1.29 is 22.7 Å². The Labute approximate surface area is 165 Å². The first-order valence-electron chi connectivity index (χ1n) is 9.00. The standard InChI is InChI=1S/C20H24N2O5S/c1-20(2,3)22-28(24,25)18-8-5-4-7-15(18)21-19(23)14-9-10-16-17(13-14)27-12-6-11-26-16/h4-5,7-10,13,22H,6,11-12H2,1-3H3,(H,21,23). The zero-order valence-electron chi connectivity index (χ0n) is 16.1. The van der Waals surface area contributed by atoms with Crippen molar-refractivity contribution in [3.63, 3.8) is 0 Å². The minimum atomic E-state index is -3.81. The average Bonchev–Trinajstić information content (AvgIpc) is 2.84. The summed E-state index contributed by atoms with van der Waals surface area (Å²) in [6.07, 6.45) is 0.766. The molecule has 0 spiro atoms. The third kappa shape index (κ3) is 4.82. The molecule has 28 heavy (non-hydrogen) atoms. The zero-order chi connectivity index (χ0) is 20.4. The molecular weight excluding hydrogens is 380 g/mol.